The Hall–Kier alpha value is -2.34. The van der Waals surface area contributed by atoms with Crippen molar-refractivity contribution in [2.24, 2.45) is 10.1 Å². The number of fused-ring (bicyclic) bond motifs is 1. The van der Waals surface area contributed by atoms with Gasteiger partial charge in [-0.3, -0.25) is 4.99 Å². The Morgan fingerprint density at radius 1 is 1.41 bits per heavy atom. The van der Waals surface area contributed by atoms with E-state index in [1.54, 1.807) is 17.6 Å². The predicted octanol–water partition coefficient (Wildman–Crippen LogP) is 2.95. The van der Waals surface area contributed by atoms with Crippen molar-refractivity contribution in [1.82, 2.24) is 4.68 Å². The summed E-state index contributed by atoms with van der Waals surface area (Å²) in [5.74, 6) is 1.52. The highest BCUT2D eigenvalue weighted by molar-refractivity contribution is 7.07. The van der Waals surface area contributed by atoms with Crippen molar-refractivity contribution in [3.05, 3.63) is 51.8 Å². The van der Waals surface area contributed by atoms with Crippen LogP contribution in [0.1, 0.15) is 18.2 Å². The van der Waals surface area contributed by atoms with E-state index in [1.165, 1.54) is 0 Å². The second kappa shape index (κ2) is 6.19. The van der Waals surface area contributed by atoms with E-state index in [0.29, 0.717) is 6.54 Å². The first-order valence-electron chi connectivity index (χ1n) is 6.89. The van der Waals surface area contributed by atoms with Crippen LogP contribution in [-0.4, -0.2) is 24.2 Å². The smallest absolute Gasteiger partial charge is 0.231 e. The molecule has 1 aliphatic heterocycles. The van der Waals surface area contributed by atoms with Gasteiger partial charge in [-0.15, -0.1) is 11.3 Å². The molecule has 5 nitrogen and oxygen atoms in total. The molecular weight excluding hydrogens is 298 g/mol. The second-order valence-electron chi connectivity index (χ2n) is 5.10. The van der Waals surface area contributed by atoms with Crippen molar-refractivity contribution in [2.45, 2.75) is 13.8 Å². The zero-order valence-electron chi connectivity index (χ0n) is 12.6. The standard InChI is InChI=1S/C16H17N3O2S/c1-11(2)7-17-16-19(12(3)9-22-16)18-8-13-4-5-14-15(6-13)21-10-20-14/h4-6,8-9H,1,7,10H2,2-3H3. The number of benzene rings is 1. The molecule has 0 N–H and O–H groups in total. The van der Waals surface area contributed by atoms with Crippen LogP contribution in [0.25, 0.3) is 0 Å². The topological polar surface area (TPSA) is 48.1 Å². The zero-order chi connectivity index (χ0) is 15.5. The van der Waals surface area contributed by atoms with E-state index >= 15 is 0 Å². The SMILES string of the molecule is C=C(C)CN=c1scc(C)n1N=Cc1ccc2c(c1)OCO2. The lowest BCUT2D eigenvalue weighted by Crippen LogP contribution is -2.13. The lowest BCUT2D eigenvalue weighted by atomic mass is 10.2. The highest BCUT2D eigenvalue weighted by Crippen LogP contribution is 2.31. The van der Waals surface area contributed by atoms with Crippen LogP contribution < -0.4 is 14.3 Å². The average Bonchev–Trinajstić information content (AvgIpc) is 3.09. The third kappa shape index (κ3) is 3.12. The molecule has 0 unspecified atom stereocenters. The molecular formula is C16H17N3O2S. The minimum atomic E-state index is 0.276. The van der Waals surface area contributed by atoms with Crippen LogP contribution in [-0.2, 0) is 0 Å². The molecule has 22 heavy (non-hydrogen) atoms. The summed E-state index contributed by atoms with van der Waals surface area (Å²) >= 11 is 1.57. The largest absolute Gasteiger partial charge is 0.454 e. The summed E-state index contributed by atoms with van der Waals surface area (Å²) < 4.78 is 12.5. The Morgan fingerprint density at radius 3 is 3.05 bits per heavy atom. The Morgan fingerprint density at radius 2 is 2.23 bits per heavy atom. The van der Waals surface area contributed by atoms with Gasteiger partial charge in [-0.05, 0) is 37.6 Å². The van der Waals surface area contributed by atoms with E-state index in [0.717, 1.165) is 33.1 Å². The fourth-order valence-corrected chi connectivity index (χ4v) is 2.76. The van der Waals surface area contributed by atoms with Gasteiger partial charge in [-0.1, -0.05) is 12.2 Å². The van der Waals surface area contributed by atoms with Crippen molar-refractivity contribution in [2.75, 3.05) is 13.3 Å². The molecule has 0 aliphatic carbocycles. The molecule has 6 heteroatoms. The first-order valence-corrected chi connectivity index (χ1v) is 7.77. The van der Waals surface area contributed by atoms with E-state index < -0.39 is 0 Å². The van der Waals surface area contributed by atoms with Gasteiger partial charge in [-0.25, -0.2) is 4.68 Å². The molecule has 114 valence electrons. The maximum atomic E-state index is 5.37. The summed E-state index contributed by atoms with van der Waals surface area (Å²) in [5, 5.41) is 6.56. The maximum absolute atomic E-state index is 5.37. The van der Waals surface area contributed by atoms with E-state index in [9.17, 15) is 0 Å². The van der Waals surface area contributed by atoms with Gasteiger partial charge in [0.05, 0.1) is 18.5 Å². The molecule has 2 heterocycles. The van der Waals surface area contributed by atoms with Crippen molar-refractivity contribution < 1.29 is 9.47 Å². The first kappa shape index (κ1) is 14.6. The molecule has 0 fully saturated rings. The summed E-state index contributed by atoms with van der Waals surface area (Å²) in [6.45, 7) is 8.73. The minimum Gasteiger partial charge on any atom is -0.454 e. The molecule has 1 aliphatic rings. The van der Waals surface area contributed by atoms with Crippen LogP contribution in [0, 0.1) is 6.92 Å². The van der Waals surface area contributed by atoms with Crippen LogP contribution in [0.3, 0.4) is 0 Å². The maximum Gasteiger partial charge on any atom is 0.231 e. The minimum absolute atomic E-state index is 0.276. The molecule has 0 bridgehead atoms. The Balaban J connectivity index is 1.88. The van der Waals surface area contributed by atoms with Gasteiger partial charge in [0, 0.05) is 5.38 Å². The van der Waals surface area contributed by atoms with Crippen LogP contribution in [0.2, 0.25) is 0 Å². The van der Waals surface area contributed by atoms with Crippen LogP contribution in [0.5, 0.6) is 11.5 Å². The highest BCUT2D eigenvalue weighted by Gasteiger charge is 2.12. The van der Waals surface area contributed by atoms with E-state index in [1.807, 2.05) is 42.1 Å². The third-order valence-electron chi connectivity index (χ3n) is 3.05. The van der Waals surface area contributed by atoms with Crippen LogP contribution in [0.15, 0.2) is 45.8 Å². The molecule has 0 atom stereocenters. The van der Waals surface area contributed by atoms with E-state index in [4.69, 9.17) is 9.47 Å². The monoisotopic (exact) mass is 315 g/mol. The van der Waals surface area contributed by atoms with Crippen molar-refractivity contribution >= 4 is 17.6 Å². The summed E-state index contributed by atoms with van der Waals surface area (Å²) in [5.41, 5.74) is 3.02. The number of thiazole rings is 1. The Kier molecular flexibility index (Phi) is 4.11. The molecule has 0 amide bonds. The summed E-state index contributed by atoms with van der Waals surface area (Å²) in [7, 11) is 0. The zero-order valence-corrected chi connectivity index (χ0v) is 13.4. The second-order valence-corrected chi connectivity index (χ2v) is 5.94. The lowest BCUT2D eigenvalue weighted by Gasteiger charge is -1.99. The molecule has 0 saturated heterocycles. The van der Waals surface area contributed by atoms with Gasteiger partial charge in [0.2, 0.25) is 11.6 Å². The summed E-state index contributed by atoms with van der Waals surface area (Å²) in [6, 6.07) is 5.75. The molecule has 2 aromatic rings. The molecule has 3 rings (SSSR count). The molecule has 1 aromatic heterocycles. The quantitative estimate of drug-likeness (QED) is 0.643. The number of aromatic nitrogens is 1. The normalized spacial score (nSPS) is 14.0. The Bertz CT molecular complexity index is 802. The molecule has 0 radical (unpaired) electrons. The number of ether oxygens (including phenoxy) is 2. The fourth-order valence-electron chi connectivity index (χ4n) is 1.95. The Labute approximate surface area is 132 Å². The van der Waals surface area contributed by atoms with Gasteiger partial charge >= 0.3 is 0 Å². The number of rotatable bonds is 4. The first-order chi connectivity index (χ1) is 10.6. The van der Waals surface area contributed by atoms with Crippen molar-refractivity contribution in [1.29, 1.82) is 0 Å². The third-order valence-corrected chi connectivity index (χ3v) is 4.03. The molecule has 0 saturated carbocycles. The lowest BCUT2D eigenvalue weighted by molar-refractivity contribution is 0.174. The number of hydrogen-bond donors (Lipinski definition) is 0. The van der Waals surface area contributed by atoms with Crippen LogP contribution in [0.4, 0.5) is 0 Å². The van der Waals surface area contributed by atoms with Gasteiger partial charge in [-0.2, -0.15) is 5.10 Å². The number of nitrogens with zero attached hydrogens (tertiary/aromatic N) is 3. The van der Waals surface area contributed by atoms with E-state index in [2.05, 4.69) is 16.7 Å². The van der Waals surface area contributed by atoms with Gasteiger partial charge in [0.15, 0.2) is 11.5 Å². The van der Waals surface area contributed by atoms with Crippen molar-refractivity contribution in [3.8, 4) is 11.5 Å². The predicted molar refractivity (Wildman–Crippen MR) is 87.8 cm³/mol. The van der Waals surface area contributed by atoms with Gasteiger partial charge < -0.3 is 9.47 Å². The fraction of sp³-hybridized carbons (Fsp3) is 0.250. The number of aryl methyl sites for hydroxylation is 1. The van der Waals surface area contributed by atoms with Crippen LogP contribution >= 0.6 is 11.3 Å². The molecule has 1 aromatic carbocycles. The summed E-state index contributed by atoms with van der Waals surface area (Å²) in [4.78, 5) is 5.38. The highest BCUT2D eigenvalue weighted by atomic mass is 32.1. The average molecular weight is 315 g/mol. The summed E-state index contributed by atoms with van der Waals surface area (Å²) in [6.07, 6.45) is 1.79. The van der Waals surface area contributed by atoms with Gasteiger partial charge in [0.1, 0.15) is 0 Å². The molecule has 0 spiro atoms. The van der Waals surface area contributed by atoms with E-state index in [-0.39, 0.29) is 6.79 Å². The van der Waals surface area contributed by atoms with Gasteiger partial charge in [0.25, 0.3) is 0 Å². The van der Waals surface area contributed by atoms with Crippen molar-refractivity contribution in [3.63, 3.8) is 0 Å². The number of hydrogen-bond acceptors (Lipinski definition) is 5.